The molecule has 5 heteroatoms. The van der Waals surface area contributed by atoms with Crippen molar-refractivity contribution in [2.75, 3.05) is 51.3 Å². The van der Waals surface area contributed by atoms with Crippen LogP contribution in [0.1, 0.15) is 26.2 Å². The maximum atomic E-state index is 5.34. The zero-order valence-corrected chi connectivity index (χ0v) is 15.0. The Morgan fingerprint density at radius 1 is 1.29 bits per heavy atom. The highest BCUT2D eigenvalue weighted by Gasteiger charge is 2.23. The number of hydrogen-bond donors (Lipinski definition) is 1. The summed E-state index contributed by atoms with van der Waals surface area (Å²) in [5.74, 6) is 2.67. The normalized spacial score (nSPS) is 21.4. The number of ether oxygens (including phenoxy) is 1. The molecule has 2 aliphatic heterocycles. The molecule has 2 fully saturated rings. The third-order valence-electron chi connectivity index (χ3n) is 4.94. The number of methoxy groups -OCH3 is 1. The largest absolute Gasteiger partial charge is 0.497 e. The molecule has 0 bridgehead atoms. The van der Waals surface area contributed by atoms with Gasteiger partial charge in [-0.1, -0.05) is 6.07 Å². The van der Waals surface area contributed by atoms with Crippen LogP contribution in [0.2, 0.25) is 0 Å². The fourth-order valence-corrected chi connectivity index (χ4v) is 3.59. The average molecular weight is 330 g/mol. The first kappa shape index (κ1) is 16.9. The van der Waals surface area contributed by atoms with Crippen molar-refractivity contribution in [3.63, 3.8) is 0 Å². The van der Waals surface area contributed by atoms with Gasteiger partial charge in [0.25, 0.3) is 0 Å². The van der Waals surface area contributed by atoms with E-state index in [1.54, 1.807) is 7.11 Å². The number of likely N-dealkylation sites (tertiary alicyclic amines) is 1. The van der Waals surface area contributed by atoms with Gasteiger partial charge in [0.15, 0.2) is 5.96 Å². The lowest BCUT2D eigenvalue weighted by Gasteiger charge is -2.22. The molecule has 0 spiro atoms. The smallest absolute Gasteiger partial charge is 0.193 e. The lowest BCUT2D eigenvalue weighted by atomic mass is 10.1. The molecule has 3 rings (SSSR count). The van der Waals surface area contributed by atoms with Crippen molar-refractivity contribution in [3.05, 3.63) is 24.3 Å². The maximum Gasteiger partial charge on any atom is 0.193 e. The third-order valence-corrected chi connectivity index (χ3v) is 4.94. The predicted octanol–water partition coefficient (Wildman–Crippen LogP) is 2.58. The van der Waals surface area contributed by atoms with E-state index in [9.17, 15) is 0 Å². The van der Waals surface area contributed by atoms with Gasteiger partial charge in [0, 0.05) is 51.0 Å². The molecule has 2 aliphatic rings. The SMILES string of the molecule is CCNC(=NCC1CCN(c2cccc(OC)c2)C1)N1CCCC1. The van der Waals surface area contributed by atoms with Crippen LogP contribution in [-0.2, 0) is 0 Å². The van der Waals surface area contributed by atoms with Gasteiger partial charge in [0.05, 0.1) is 7.11 Å². The number of nitrogens with one attached hydrogen (secondary N) is 1. The van der Waals surface area contributed by atoms with E-state index in [0.717, 1.165) is 51.0 Å². The van der Waals surface area contributed by atoms with E-state index in [1.807, 2.05) is 6.07 Å². The van der Waals surface area contributed by atoms with Crippen LogP contribution in [0, 0.1) is 5.92 Å². The average Bonchev–Trinajstić information content (AvgIpc) is 3.30. The van der Waals surface area contributed by atoms with E-state index in [1.165, 1.54) is 24.9 Å². The Morgan fingerprint density at radius 3 is 2.88 bits per heavy atom. The zero-order chi connectivity index (χ0) is 16.8. The van der Waals surface area contributed by atoms with Gasteiger partial charge in [0.1, 0.15) is 5.75 Å². The molecule has 1 unspecified atom stereocenters. The molecule has 1 N–H and O–H groups in total. The molecule has 5 nitrogen and oxygen atoms in total. The Morgan fingerprint density at radius 2 is 2.12 bits per heavy atom. The minimum absolute atomic E-state index is 0.632. The summed E-state index contributed by atoms with van der Waals surface area (Å²) in [5, 5.41) is 3.45. The summed E-state index contributed by atoms with van der Waals surface area (Å²) in [6.45, 7) is 8.48. The summed E-state index contributed by atoms with van der Waals surface area (Å²) in [7, 11) is 1.72. The number of hydrogen-bond acceptors (Lipinski definition) is 3. The van der Waals surface area contributed by atoms with Crippen molar-refractivity contribution >= 4 is 11.6 Å². The maximum absolute atomic E-state index is 5.34. The molecule has 24 heavy (non-hydrogen) atoms. The quantitative estimate of drug-likeness (QED) is 0.665. The van der Waals surface area contributed by atoms with Gasteiger partial charge in [-0.3, -0.25) is 4.99 Å². The monoisotopic (exact) mass is 330 g/mol. The Kier molecular flexibility index (Phi) is 5.83. The molecule has 0 radical (unpaired) electrons. The van der Waals surface area contributed by atoms with Gasteiger partial charge in [-0.15, -0.1) is 0 Å². The van der Waals surface area contributed by atoms with Crippen LogP contribution in [0.5, 0.6) is 5.75 Å². The number of anilines is 1. The summed E-state index contributed by atoms with van der Waals surface area (Å²) >= 11 is 0. The highest BCUT2D eigenvalue weighted by Crippen LogP contribution is 2.27. The fraction of sp³-hybridized carbons (Fsp3) is 0.632. The zero-order valence-electron chi connectivity index (χ0n) is 15.0. The third kappa shape index (κ3) is 4.13. The van der Waals surface area contributed by atoms with E-state index in [4.69, 9.17) is 9.73 Å². The van der Waals surface area contributed by atoms with Crippen LogP contribution in [-0.4, -0.2) is 57.2 Å². The lowest BCUT2D eigenvalue weighted by molar-refractivity contribution is 0.415. The van der Waals surface area contributed by atoms with Crippen molar-refractivity contribution in [1.82, 2.24) is 10.2 Å². The molecule has 2 saturated heterocycles. The lowest BCUT2D eigenvalue weighted by Crippen LogP contribution is -2.40. The van der Waals surface area contributed by atoms with Crippen molar-refractivity contribution in [2.24, 2.45) is 10.9 Å². The van der Waals surface area contributed by atoms with E-state index in [0.29, 0.717) is 5.92 Å². The van der Waals surface area contributed by atoms with E-state index < -0.39 is 0 Å². The number of guanidine groups is 1. The molecule has 0 saturated carbocycles. The summed E-state index contributed by atoms with van der Waals surface area (Å²) < 4.78 is 5.34. The van der Waals surface area contributed by atoms with Crippen molar-refractivity contribution in [2.45, 2.75) is 26.2 Å². The van der Waals surface area contributed by atoms with Crippen LogP contribution in [0.4, 0.5) is 5.69 Å². The Balaban J connectivity index is 1.57. The number of benzene rings is 1. The molecule has 0 aliphatic carbocycles. The Bertz CT molecular complexity index is 554. The second-order valence-electron chi connectivity index (χ2n) is 6.69. The van der Waals surface area contributed by atoms with Gasteiger partial charge in [-0.05, 0) is 44.2 Å². The van der Waals surface area contributed by atoms with Crippen LogP contribution < -0.4 is 15.0 Å². The number of nitrogens with zero attached hydrogens (tertiary/aromatic N) is 3. The molecule has 0 aromatic heterocycles. The van der Waals surface area contributed by atoms with Crippen LogP contribution in [0.25, 0.3) is 0 Å². The fourth-order valence-electron chi connectivity index (χ4n) is 3.59. The summed E-state index contributed by atoms with van der Waals surface area (Å²) in [5.41, 5.74) is 1.26. The Hall–Kier alpha value is -1.91. The van der Waals surface area contributed by atoms with E-state index in [-0.39, 0.29) is 0 Å². The van der Waals surface area contributed by atoms with Gasteiger partial charge in [0.2, 0.25) is 0 Å². The Labute approximate surface area is 145 Å². The van der Waals surface area contributed by atoms with Gasteiger partial charge < -0.3 is 19.9 Å². The topological polar surface area (TPSA) is 40.1 Å². The molecular formula is C19H30N4O. The molecule has 1 aromatic rings. The summed E-state index contributed by atoms with van der Waals surface area (Å²) in [6.07, 6.45) is 3.79. The minimum atomic E-state index is 0.632. The second-order valence-corrected chi connectivity index (χ2v) is 6.69. The summed E-state index contributed by atoms with van der Waals surface area (Å²) in [6, 6.07) is 8.36. The van der Waals surface area contributed by atoms with Crippen LogP contribution >= 0.6 is 0 Å². The van der Waals surface area contributed by atoms with E-state index >= 15 is 0 Å². The standard InChI is InChI=1S/C19H30N4O/c1-3-20-19(22-10-4-5-11-22)21-14-16-9-12-23(15-16)17-7-6-8-18(13-17)24-2/h6-8,13,16H,3-5,9-12,14-15H2,1-2H3,(H,20,21). The minimum Gasteiger partial charge on any atom is -0.497 e. The van der Waals surface area contributed by atoms with Crippen LogP contribution in [0.3, 0.4) is 0 Å². The van der Waals surface area contributed by atoms with Gasteiger partial charge in [-0.25, -0.2) is 0 Å². The first-order valence-corrected chi connectivity index (χ1v) is 9.22. The molecule has 132 valence electrons. The first-order valence-electron chi connectivity index (χ1n) is 9.22. The molecular weight excluding hydrogens is 300 g/mol. The molecule has 1 aromatic carbocycles. The highest BCUT2D eigenvalue weighted by molar-refractivity contribution is 5.80. The number of rotatable bonds is 5. The van der Waals surface area contributed by atoms with Crippen LogP contribution in [0.15, 0.2) is 29.3 Å². The van der Waals surface area contributed by atoms with Crippen molar-refractivity contribution in [1.29, 1.82) is 0 Å². The predicted molar refractivity (Wildman–Crippen MR) is 100 cm³/mol. The molecule has 1 atom stereocenters. The highest BCUT2D eigenvalue weighted by atomic mass is 16.5. The number of aliphatic imine (C=N–C) groups is 1. The van der Waals surface area contributed by atoms with Crippen molar-refractivity contribution < 1.29 is 4.74 Å². The first-order chi connectivity index (χ1) is 11.8. The molecule has 0 amide bonds. The van der Waals surface area contributed by atoms with E-state index in [2.05, 4.69) is 40.2 Å². The second kappa shape index (κ2) is 8.27. The van der Waals surface area contributed by atoms with Gasteiger partial charge in [-0.2, -0.15) is 0 Å². The molecule has 2 heterocycles. The summed E-state index contributed by atoms with van der Waals surface area (Å²) in [4.78, 5) is 9.77. The van der Waals surface area contributed by atoms with Gasteiger partial charge >= 0.3 is 0 Å². The van der Waals surface area contributed by atoms with Crippen molar-refractivity contribution in [3.8, 4) is 5.75 Å².